The van der Waals surface area contributed by atoms with E-state index in [4.69, 9.17) is 0 Å². The van der Waals surface area contributed by atoms with Gasteiger partial charge in [0, 0.05) is 32.2 Å². The minimum Gasteiger partial charge on any atom is -0.343 e. The van der Waals surface area contributed by atoms with Crippen LogP contribution in [0.3, 0.4) is 0 Å². The molecule has 3 rings (SSSR count). The van der Waals surface area contributed by atoms with Gasteiger partial charge in [0.2, 0.25) is 15.9 Å². The molecule has 2 aromatic rings. The number of amides is 2. The second-order valence-corrected chi connectivity index (χ2v) is 10.1. The quantitative estimate of drug-likeness (QED) is 0.714. The highest BCUT2D eigenvalue weighted by Gasteiger charge is 2.33. The maximum atomic E-state index is 13.7. The average molecular weight is 480 g/mol. The molecule has 0 bridgehead atoms. The Morgan fingerprint density at radius 2 is 1.52 bits per heavy atom. The van der Waals surface area contributed by atoms with Crippen molar-refractivity contribution in [3.05, 3.63) is 63.7 Å². The normalized spacial score (nSPS) is 14.9. The lowest BCUT2D eigenvalue weighted by molar-refractivity contribution is -0.131. The Kier molecular flexibility index (Phi) is 7.18. The van der Waals surface area contributed by atoms with Crippen LogP contribution in [0, 0.1) is 39.3 Å². The van der Waals surface area contributed by atoms with E-state index < -0.39 is 33.5 Å². The highest BCUT2D eigenvalue weighted by atomic mass is 32.2. The van der Waals surface area contributed by atoms with Gasteiger partial charge in [-0.1, -0.05) is 6.07 Å². The number of nitrogens with one attached hydrogen (secondary N) is 1. The Morgan fingerprint density at radius 3 is 2.06 bits per heavy atom. The van der Waals surface area contributed by atoms with E-state index in [1.54, 1.807) is 13.8 Å². The lowest BCUT2D eigenvalue weighted by Crippen LogP contribution is -2.52. The van der Waals surface area contributed by atoms with Crippen molar-refractivity contribution in [1.29, 1.82) is 0 Å². The number of benzene rings is 2. The topological polar surface area (TPSA) is 86.8 Å². The van der Waals surface area contributed by atoms with Crippen LogP contribution in [0.2, 0.25) is 0 Å². The largest absolute Gasteiger partial charge is 0.343 e. The zero-order chi connectivity index (χ0) is 24.5. The van der Waals surface area contributed by atoms with Crippen LogP contribution in [-0.4, -0.2) is 62.2 Å². The van der Waals surface area contributed by atoms with E-state index in [2.05, 4.69) is 5.32 Å². The summed E-state index contributed by atoms with van der Waals surface area (Å²) >= 11 is 0. The van der Waals surface area contributed by atoms with E-state index in [1.165, 1.54) is 9.21 Å². The second-order valence-electron chi connectivity index (χ2n) is 8.18. The SMILES string of the molecule is Cc1cc(C)c(C)c(S(=O)(=O)N2CCN(C(=O)CNC(=O)c3ccc(F)cc3F)CC2)c1C. The molecule has 1 aliphatic rings. The molecular weight excluding hydrogens is 452 g/mol. The molecule has 0 saturated carbocycles. The first-order chi connectivity index (χ1) is 15.4. The molecule has 7 nitrogen and oxygen atoms in total. The smallest absolute Gasteiger partial charge is 0.254 e. The van der Waals surface area contributed by atoms with Gasteiger partial charge < -0.3 is 10.2 Å². The monoisotopic (exact) mass is 479 g/mol. The van der Waals surface area contributed by atoms with Crippen LogP contribution in [0.5, 0.6) is 0 Å². The third-order valence-electron chi connectivity index (χ3n) is 6.06. The third-order valence-corrected chi connectivity index (χ3v) is 8.24. The molecule has 0 aliphatic carbocycles. The summed E-state index contributed by atoms with van der Waals surface area (Å²) in [6.07, 6.45) is 0. The van der Waals surface area contributed by atoms with Crippen LogP contribution < -0.4 is 5.32 Å². The molecular formula is C23H27F2N3O4S. The molecule has 0 aromatic heterocycles. The molecule has 0 unspecified atom stereocenters. The first-order valence-electron chi connectivity index (χ1n) is 10.5. The molecule has 2 aromatic carbocycles. The summed E-state index contributed by atoms with van der Waals surface area (Å²) in [5.41, 5.74) is 2.87. The number of sulfonamides is 1. The molecule has 1 aliphatic heterocycles. The Balaban J connectivity index is 1.63. The Bertz CT molecular complexity index is 1180. The van der Waals surface area contributed by atoms with Crippen molar-refractivity contribution in [1.82, 2.24) is 14.5 Å². The standard InChI is InChI=1S/C23H27F2N3O4S/c1-14-11-15(2)17(4)22(16(14)3)33(31,32)28-9-7-27(8-10-28)21(29)13-26-23(30)19-6-5-18(24)12-20(19)25/h5-6,11-12H,7-10,13H2,1-4H3,(H,26,30). The highest BCUT2D eigenvalue weighted by molar-refractivity contribution is 7.89. The van der Waals surface area contributed by atoms with Gasteiger partial charge in [-0.05, 0) is 62.1 Å². The molecule has 0 spiro atoms. The van der Waals surface area contributed by atoms with Gasteiger partial charge in [-0.2, -0.15) is 4.31 Å². The molecule has 33 heavy (non-hydrogen) atoms. The molecule has 0 atom stereocenters. The van der Waals surface area contributed by atoms with Crippen LogP contribution in [0.25, 0.3) is 0 Å². The van der Waals surface area contributed by atoms with Gasteiger partial charge in [0.05, 0.1) is 17.0 Å². The van der Waals surface area contributed by atoms with Crippen LogP contribution >= 0.6 is 0 Å². The van der Waals surface area contributed by atoms with Crippen LogP contribution in [0.15, 0.2) is 29.2 Å². The number of piperazine rings is 1. The maximum absolute atomic E-state index is 13.7. The predicted molar refractivity (Wildman–Crippen MR) is 119 cm³/mol. The maximum Gasteiger partial charge on any atom is 0.254 e. The molecule has 0 radical (unpaired) electrons. The van der Waals surface area contributed by atoms with Crippen LogP contribution in [-0.2, 0) is 14.8 Å². The van der Waals surface area contributed by atoms with Crippen molar-refractivity contribution in [3.8, 4) is 0 Å². The fourth-order valence-corrected chi connectivity index (χ4v) is 5.91. The first-order valence-corrected chi connectivity index (χ1v) is 12.0. The van der Waals surface area contributed by atoms with Gasteiger partial charge in [-0.15, -0.1) is 0 Å². The van der Waals surface area contributed by atoms with Crippen LogP contribution in [0.4, 0.5) is 8.78 Å². The molecule has 2 amide bonds. The Labute approximate surface area is 192 Å². The number of rotatable bonds is 5. The number of hydrogen-bond acceptors (Lipinski definition) is 4. The summed E-state index contributed by atoms with van der Waals surface area (Å²) in [4.78, 5) is 26.3. The van der Waals surface area contributed by atoms with Gasteiger partial charge in [0.15, 0.2) is 0 Å². The molecule has 178 valence electrons. The van der Waals surface area contributed by atoms with E-state index in [9.17, 15) is 26.8 Å². The second kappa shape index (κ2) is 9.56. The number of carbonyl (C=O) groups is 2. The molecule has 1 fully saturated rings. The Hall–Kier alpha value is -2.85. The van der Waals surface area contributed by atoms with Gasteiger partial charge in [0.1, 0.15) is 11.6 Å². The molecule has 1 N–H and O–H groups in total. The molecule has 10 heteroatoms. The van der Waals surface area contributed by atoms with Crippen molar-refractivity contribution in [2.45, 2.75) is 32.6 Å². The lowest BCUT2D eigenvalue weighted by Gasteiger charge is -2.34. The van der Waals surface area contributed by atoms with Crippen molar-refractivity contribution < 1.29 is 26.8 Å². The zero-order valence-corrected chi connectivity index (χ0v) is 19.9. The van der Waals surface area contributed by atoms with Gasteiger partial charge in [-0.25, -0.2) is 17.2 Å². The minimum absolute atomic E-state index is 0.125. The van der Waals surface area contributed by atoms with Crippen molar-refractivity contribution in [2.75, 3.05) is 32.7 Å². The van der Waals surface area contributed by atoms with E-state index >= 15 is 0 Å². The first kappa shape index (κ1) is 24.8. The molecule has 1 saturated heterocycles. The summed E-state index contributed by atoms with van der Waals surface area (Å²) < 4.78 is 54.8. The van der Waals surface area contributed by atoms with E-state index in [1.807, 2.05) is 19.9 Å². The third kappa shape index (κ3) is 5.06. The van der Waals surface area contributed by atoms with Gasteiger partial charge in [0.25, 0.3) is 5.91 Å². The highest BCUT2D eigenvalue weighted by Crippen LogP contribution is 2.29. The van der Waals surface area contributed by atoms with Crippen molar-refractivity contribution in [3.63, 3.8) is 0 Å². The zero-order valence-electron chi connectivity index (χ0n) is 19.0. The van der Waals surface area contributed by atoms with E-state index in [-0.39, 0.29) is 38.3 Å². The average Bonchev–Trinajstić information content (AvgIpc) is 2.76. The van der Waals surface area contributed by atoms with E-state index in [0.717, 1.165) is 23.3 Å². The van der Waals surface area contributed by atoms with Crippen molar-refractivity contribution in [2.24, 2.45) is 0 Å². The number of nitrogens with zero attached hydrogens (tertiary/aromatic N) is 2. The summed E-state index contributed by atoms with van der Waals surface area (Å²) in [5, 5.41) is 2.33. The predicted octanol–water partition coefficient (Wildman–Crippen LogP) is 2.46. The number of halogens is 2. The van der Waals surface area contributed by atoms with Gasteiger partial charge >= 0.3 is 0 Å². The summed E-state index contributed by atoms with van der Waals surface area (Å²) in [6, 6.07) is 4.52. The Morgan fingerprint density at radius 1 is 0.939 bits per heavy atom. The lowest BCUT2D eigenvalue weighted by atomic mass is 10.0. The number of hydrogen-bond donors (Lipinski definition) is 1. The van der Waals surface area contributed by atoms with Crippen LogP contribution in [0.1, 0.15) is 32.6 Å². The fourth-order valence-electron chi connectivity index (χ4n) is 3.91. The van der Waals surface area contributed by atoms with Gasteiger partial charge in [-0.3, -0.25) is 9.59 Å². The summed E-state index contributed by atoms with van der Waals surface area (Å²) in [6.45, 7) is 7.55. The van der Waals surface area contributed by atoms with Crippen molar-refractivity contribution >= 4 is 21.8 Å². The summed E-state index contributed by atoms with van der Waals surface area (Å²) in [7, 11) is -3.73. The summed E-state index contributed by atoms with van der Waals surface area (Å²) in [5.74, 6) is -3.07. The number of carbonyl (C=O) groups excluding carboxylic acids is 2. The minimum atomic E-state index is -3.73. The molecule has 1 heterocycles. The fraction of sp³-hybridized carbons (Fsp3) is 0.391. The van der Waals surface area contributed by atoms with E-state index in [0.29, 0.717) is 22.1 Å². The number of aryl methyl sites for hydroxylation is 2.